The Bertz CT molecular complexity index is 620. The lowest BCUT2D eigenvalue weighted by atomic mass is 9.90. The lowest BCUT2D eigenvalue weighted by Gasteiger charge is -2.25. The minimum atomic E-state index is -0.0551. The highest BCUT2D eigenvalue weighted by atomic mass is 32.2. The number of piperidine rings is 1. The molecule has 1 aliphatic heterocycles. The summed E-state index contributed by atoms with van der Waals surface area (Å²) in [5, 5.41) is 3.35. The van der Waals surface area contributed by atoms with Crippen LogP contribution in [0.2, 0.25) is 0 Å². The Morgan fingerprint density at radius 1 is 1.00 bits per heavy atom. The van der Waals surface area contributed by atoms with E-state index >= 15 is 0 Å². The van der Waals surface area contributed by atoms with Crippen molar-refractivity contribution in [2.24, 2.45) is 0 Å². The Morgan fingerprint density at radius 2 is 1.71 bits per heavy atom. The Hall–Kier alpha value is -1.32. The molecule has 0 aliphatic carbocycles. The van der Waals surface area contributed by atoms with Crippen LogP contribution in [0.5, 0.6) is 0 Å². The van der Waals surface area contributed by atoms with Crippen molar-refractivity contribution in [3.63, 3.8) is 0 Å². The molecule has 1 aliphatic rings. The number of benzene rings is 2. The van der Waals surface area contributed by atoms with Crippen molar-refractivity contribution in [2.75, 3.05) is 13.1 Å². The average Bonchev–Trinajstić information content (AvgIpc) is 2.51. The van der Waals surface area contributed by atoms with Gasteiger partial charge in [-0.2, -0.15) is 0 Å². The number of nitrogens with one attached hydrogen (secondary N) is 1. The van der Waals surface area contributed by atoms with E-state index in [-0.39, 0.29) is 5.82 Å². The Morgan fingerprint density at radius 3 is 2.48 bits per heavy atom. The van der Waals surface area contributed by atoms with Gasteiger partial charge in [-0.1, -0.05) is 36.0 Å². The van der Waals surface area contributed by atoms with Crippen LogP contribution in [0.25, 0.3) is 0 Å². The second-order valence-corrected chi connectivity index (χ2v) is 6.63. The second-order valence-electron chi connectivity index (χ2n) is 5.54. The molecular weight excluding hydrogens is 281 g/mol. The lowest BCUT2D eigenvalue weighted by Crippen LogP contribution is -2.27. The van der Waals surface area contributed by atoms with E-state index in [1.807, 2.05) is 18.2 Å². The molecule has 0 saturated carbocycles. The first kappa shape index (κ1) is 14.6. The summed E-state index contributed by atoms with van der Waals surface area (Å²) in [5.74, 6) is 0.277. The minimum absolute atomic E-state index is 0.0551. The molecule has 0 spiro atoms. The Kier molecular flexibility index (Phi) is 4.61. The van der Waals surface area contributed by atoms with Gasteiger partial charge in [-0.05, 0) is 62.5 Å². The van der Waals surface area contributed by atoms with Gasteiger partial charge in [-0.3, -0.25) is 0 Å². The predicted molar refractivity (Wildman–Crippen MR) is 86.5 cm³/mol. The van der Waals surface area contributed by atoms with E-state index in [2.05, 4.69) is 30.4 Å². The monoisotopic (exact) mass is 301 g/mol. The van der Waals surface area contributed by atoms with Crippen LogP contribution in [0.4, 0.5) is 4.39 Å². The zero-order chi connectivity index (χ0) is 14.7. The highest BCUT2D eigenvalue weighted by Gasteiger charge is 2.22. The molecule has 0 atom stereocenters. The average molecular weight is 301 g/mol. The van der Waals surface area contributed by atoms with E-state index in [1.165, 1.54) is 10.5 Å². The molecule has 1 heterocycles. The number of hydrogen-bond acceptors (Lipinski definition) is 2. The standard InChI is InChI=1S/C18H20FNS/c1-13-5-2-3-7-16(13)21-17-8-4-6-15(19)18(17)14-9-11-20-12-10-14/h2-8,14,20H,9-12H2,1H3. The SMILES string of the molecule is Cc1ccccc1Sc1cccc(F)c1C1CCNCC1. The van der Waals surface area contributed by atoms with E-state index in [4.69, 9.17) is 0 Å². The maximum Gasteiger partial charge on any atom is 0.127 e. The van der Waals surface area contributed by atoms with Crippen molar-refractivity contribution in [3.8, 4) is 0 Å². The van der Waals surface area contributed by atoms with Gasteiger partial charge in [0, 0.05) is 15.4 Å². The molecule has 110 valence electrons. The van der Waals surface area contributed by atoms with Crippen molar-refractivity contribution in [3.05, 3.63) is 59.4 Å². The van der Waals surface area contributed by atoms with Crippen LogP contribution in [-0.4, -0.2) is 13.1 Å². The molecule has 2 aromatic rings. The molecule has 3 rings (SSSR count). The predicted octanol–water partition coefficient (Wildman–Crippen LogP) is 4.75. The van der Waals surface area contributed by atoms with Crippen LogP contribution >= 0.6 is 11.8 Å². The van der Waals surface area contributed by atoms with Crippen molar-refractivity contribution >= 4 is 11.8 Å². The molecule has 1 saturated heterocycles. The number of hydrogen-bond donors (Lipinski definition) is 1. The maximum absolute atomic E-state index is 14.4. The van der Waals surface area contributed by atoms with Gasteiger partial charge in [0.25, 0.3) is 0 Å². The highest BCUT2D eigenvalue weighted by Crippen LogP contribution is 2.39. The van der Waals surface area contributed by atoms with Crippen LogP contribution in [0.3, 0.4) is 0 Å². The fourth-order valence-corrected chi connectivity index (χ4v) is 4.04. The molecular formula is C18H20FNS. The minimum Gasteiger partial charge on any atom is -0.317 e. The van der Waals surface area contributed by atoms with Crippen LogP contribution < -0.4 is 5.32 Å². The van der Waals surface area contributed by atoms with E-state index < -0.39 is 0 Å². The summed E-state index contributed by atoms with van der Waals surface area (Å²) in [6.45, 7) is 4.06. The number of halogens is 1. The first-order valence-corrected chi connectivity index (χ1v) is 8.30. The fraction of sp³-hybridized carbons (Fsp3) is 0.333. The molecule has 0 aromatic heterocycles. The van der Waals surface area contributed by atoms with E-state index in [1.54, 1.807) is 17.8 Å². The Balaban J connectivity index is 1.95. The van der Waals surface area contributed by atoms with Crippen LogP contribution in [0.15, 0.2) is 52.3 Å². The van der Waals surface area contributed by atoms with E-state index in [0.29, 0.717) is 5.92 Å². The molecule has 0 radical (unpaired) electrons. The smallest absolute Gasteiger partial charge is 0.127 e. The van der Waals surface area contributed by atoms with Gasteiger partial charge in [0.1, 0.15) is 5.82 Å². The number of rotatable bonds is 3. The molecule has 0 amide bonds. The third-order valence-electron chi connectivity index (χ3n) is 4.07. The van der Waals surface area contributed by atoms with Crippen LogP contribution in [-0.2, 0) is 0 Å². The summed E-state index contributed by atoms with van der Waals surface area (Å²) in [7, 11) is 0. The maximum atomic E-state index is 14.4. The summed E-state index contributed by atoms with van der Waals surface area (Å²) < 4.78 is 14.4. The van der Waals surface area contributed by atoms with Gasteiger partial charge in [-0.25, -0.2) is 4.39 Å². The molecule has 3 heteroatoms. The summed E-state index contributed by atoms with van der Waals surface area (Å²) in [4.78, 5) is 2.27. The summed E-state index contributed by atoms with van der Waals surface area (Å²) in [6, 6.07) is 13.8. The molecule has 0 unspecified atom stereocenters. The molecule has 1 fully saturated rings. The highest BCUT2D eigenvalue weighted by molar-refractivity contribution is 7.99. The second kappa shape index (κ2) is 6.63. The first-order chi connectivity index (χ1) is 10.3. The largest absolute Gasteiger partial charge is 0.317 e. The number of aryl methyl sites for hydroxylation is 1. The van der Waals surface area contributed by atoms with Crippen molar-refractivity contribution in [1.82, 2.24) is 5.32 Å². The van der Waals surface area contributed by atoms with Gasteiger partial charge in [-0.15, -0.1) is 0 Å². The molecule has 1 N–H and O–H groups in total. The van der Waals surface area contributed by atoms with Gasteiger partial charge in [0.2, 0.25) is 0 Å². The fourth-order valence-electron chi connectivity index (χ4n) is 2.90. The topological polar surface area (TPSA) is 12.0 Å². The summed E-state index contributed by atoms with van der Waals surface area (Å²) >= 11 is 1.69. The summed E-state index contributed by atoms with van der Waals surface area (Å²) in [6.07, 6.45) is 2.03. The molecule has 1 nitrogen and oxygen atoms in total. The van der Waals surface area contributed by atoms with Gasteiger partial charge < -0.3 is 5.32 Å². The van der Waals surface area contributed by atoms with Crippen molar-refractivity contribution in [1.29, 1.82) is 0 Å². The van der Waals surface area contributed by atoms with Gasteiger partial charge >= 0.3 is 0 Å². The molecule has 0 bridgehead atoms. The van der Waals surface area contributed by atoms with E-state index in [9.17, 15) is 4.39 Å². The van der Waals surface area contributed by atoms with Crippen LogP contribution in [0, 0.1) is 12.7 Å². The zero-order valence-corrected chi connectivity index (χ0v) is 13.0. The Labute approximate surface area is 130 Å². The van der Waals surface area contributed by atoms with Crippen LogP contribution in [0.1, 0.15) is 29.9 Å². The van der Waals surface area contributed by atoms with Crippen molar-refractivity contribution in [2.45, 2.75) is 35.5 Å². The van der Waals surface area contributed by atoms with Gasteiger partial charge in [0.15, 0.2) is 0 Å². The third kappa shape index (κ3) is 3.30. The first-order valence-electron chi connectivity index (χ1n) is 7.48. The van der Waals surface area contributed by atoms with E-state index in [0.717, 1.165) is 36.4 Å². The quantitative estimate of drug-likeness (QED) is 0.878. The zero-order valence-electron chi connectivity index (χ0n) is 12.2. The van der Waals surface area contributed by atoms with Crippen molar-refractivity contribution < 1.29 is 4.39 Å². The molecule has 21 heavy (non-hydrogen) atoms. The summed E-state index contributed by atoms with van der Waals surface area (Å²) in [5.41, 5.74) is 2.15. The third-order valence-corrected chi connectivity index (χ3v) is 5.33. The lowest BCUT2D eigenvalue weighted by molar-refractivity contribution is 0.439. The molecule has 2 aromatic carbocycles. The van der Waals surface area contributed by atoms with Gasteiger partial charge in [0.05, 0.1) is 0 Å². The normalized spacial score (nSPS) is 16.1.